The second kappa shape index (κ2) is 4.90. The van der Waals surface area contributed by atoms with Crippen molar-refractivity contribution in [2.45, 2.75) is 39.8 Å². The van der Waals surface area contributed by atoms with E-state index in [-0.39, 0.29) is 5.54 Å². The van der Waals surface area contributed by atoms with Crippen LogP contribution in [0.4, 0.5) is 0 Å². The quantitative estimate of drug-likeness (QED) is 0.902. The topological polar surface area (TPSA) is 42.7 Å². The van der Waals surface area contributed by atoms with Crippen LogP contribution >= 0.6 is 0 Å². The zero-order valence-electron chi connectivity index (χ0n) is 11.4. The normalized spacial score (nSPS) is 11.8. The fourth-order valence-corrected chi connectivity index (χ4v) is 1.77. The molecule has 0 saturated carbocycles. The molecule has 2 aromatic rings. The lowest BCUT2D eigenvalue weighted by Crippen LogP contribution is -2.35. The molecule has 0 aliphatic heterocycles. The third-order valence-corrected chi connectivity index (χ3v) is 2.78. The van der Waals surface area contributed by atoms with Crippen LogP contribution in [0.15, 0.2) is 30.9 Å². The highest BCUT2D eigenvalue weighted by atomic mass is 15.1. The fourth-order valence-electron chi connectivity index (χ4n) is 1.77. The highest BCUT2D eigenvalue weighted by molar-refractivity contribution is 5.39. The minimum absolute atomic E-state index is 0.102. The Morgan fingerprint density at radius 1 is 1.28 bits per heavy atom. The molecule has 0 saturated heterocycles. The summed E-state index contributed by atoms with van der Waals surface area (Å²) in [6.07, 6.45) is 7.49. The number of imidazole rings is 1. The highest BCUT2D eigenvalue weighted by Crippen LogP contribution is 2.15. The number of aryl methyl sites for hydroxylation is 1. The Labute approximate surface area is 108 Å². The number of aromatic nitrogens is 3. The zero-order chi connectivity index (χ0) is 13.2. The van der Waals surface area contributed by atoms with Gasteiger partial charge in [-0.3, -0.25) is 4.98 Å². The highest BCUT2D eigenvalue weighted by Gasteiger charge is 2.11. The van der Waals surface area contributed by atoms with Gasteiger partial charge in [-0.25, -0.2) is 4.98 Å². The van der Waals surface area contributed by atoms with Gasteiger partial charge in [0.1, 0.15) is 5.82 Å². The number of pyridine rings is 1. The molecular weight excluding hydrogens is 224 g/mol. The molecule has 1 N–H and O–H groups in total. The van der Waals surface area contributed by atoms with Gasteiger partial charge in [0.25, 0.3) is 0 Å². The summed E-state index contributed by atoms with van der Waals surface area (Å²) in [4.78, 5) is 8.47. The standard InChI is InChI=1S/C14H20N4/c1-11-16-7-8-18(11)13-10-15-6-5-12(13)9-17-14(2,3)4/h5-8,10,17H,9H2,1-4H3. The minimum Gasteiger partial charge on any atom is -0.308 e. The van der Waals surface area contributed by atoms with E-state index in [9.17, 15) is 0 Å². The Morgan fingerprint density at radius 3 is 2.67 bits per heavy atom. The second-order valence-electron chi connectivity index (χ2n) is 5.45. The number of hydrogen-bond donors (Lipinski definition) is 1. The Kier molecular flexibility index (Phi) is 3.48. The average Bonchev–Trinajstić information content (AvgIpc) is 2.72. The summed E-state index contributed by atoms with van der Waals surface area (Å²) in [6.45, 7) is 9.30. The lowest BCUT2D eigenvalue weighted by molar-refractivity contribution is 0.424. The maximum absolute atomic E-state index is 4.26. The van der Waals surface area contributed by atoms with E-state index in [1.807, 2.05) is 37.8 Å². The molecule has 0 aliphatic carbocycles. The number of hydrogen-bond acceptors (Lipinski definition) is 3. The molecule has 0 spiro atoms. The van der Waals surface area contributed by atoms with Crippen molar-refractivity contribution < 1.29 is 0 Å². The minimum atomic E-state index is 0.102. The van der Waals surface area contributed by atoms with Crippen LogP contribution in [0, 0.1) is 6.92 Å². The van der Waals surface area contributed by atoms with Crippen LogP contribution in [0.25, 0.3) is 5.69 Å². The van der Waals surface area contributed by atoms with Gasteiger partial charge < -0.3 is 9.88 Å². The van der Waals surface area contributed by atoms with Gasteiger partial charge in [0.15, 0.2) is 0 Å². The van der Waals surface area contributed by atoms with Crippen molar-refractivity contribution in [3.8, 4) is 5.69 Å². The number of rotatable bonds is 3. The van der Waals surface area contributed by atoms with E-state index in [1.165, 1.54) is 5.56 Å². The van der Waals surface area contributed by atoms with Crippen LogP contribution in [0.1, 0.15) is 32.2 Å². The molecule has 2 aromatic heterocycles. The van der Waals surface area contributed by atoms with Crippen LogP contribution in [0.5, 0.6) is 0 Å². The molecule has 0 amide bonds. The van der Waals surface area contributed by atoms with E-state index in [4.69, 9.17) is 0 Å². The van der Waals surface area contributed by atoms with E-state index in [2.05, 4.69) is 40.6 Å². The average molecular weight is 244 g/mol. The van der Waals surface area contributed by atoms with Crippen molar-refractivity contribution in [2.75, 3.05) is 0 Å². The summed E-state index contributed by atoms with van der Waals surface area (Å²) >= 11 is 0. The SMILES string of the molecule is Cc1nccn1-c1cnccc1CNC(C)(C)C. The van der Waals surface area contributed by atoms with Crippen LogP contribution in [0.2, 0.25) is 0 Å². The Hall–Kier alpha value is -1.68. The van der Waals surface area contributed by atoms with E-state index < -0.39 is 0 Å². The maximum atomic E-state index is 4.26. The third-order valence-electron chi connectivity index (χ3n) is 2.78. The molecule has 0 bridgehead atoms. The monoisotopic (exact) mass is 244 g/mol. The van der Waals surface area contributed by atoms with Crippen LogP contribution < -0.4 is 5.32 Å². The fraction of sp³-hybridized carbons (Fsp3) is 0.429. The summed E-state index contributed by atoms with van der Waals surface area (Å²) in [7, 11) is 0. The molecule has 0 atom stereocenters. The summed E-state index contributed by atoms with van der Waals surface area (Å²) in [5.74, 6) is 0.972. The second-order valence-corrected chi connectivity index (χ2v) is 5.45. The molecule has 2 heterocycles. The van der Waals surface area contributed by atoms with E-state index in [0.717, 1.165) is 18.1 Å². The van der Waals surface area contributed by atoms with Gasteiger partial charge in [-0.15, -0.1) is 0 Å². The Bertz CT molecular complexity index is 523. The molecule has 0 aliphatic rings. The maximum Gasteiger partial charge on any atom is 0.110 e. The number of nitrogens with one attached hydrogen (secondary N) is 1. The molecule has 2 rings (SSSR count). The summed E-state index contributed by atoms with van der Waals surface area (Å²) < 4.78 is 2.06. The van der Waals surface area contributed by atoms with Crippen molar-refractivity contribution in [3.05, 3.63) is 42.2 Å². The van der Waals surface area contributed by atoms with Gasteiger partial charge in [0.2, 0.25) is 0 Å². The predicted molar refractivity (Wildman–Crippen MR) is 72.7 cm³/mol. The largest absolute Gasteiger partial charge is 0.308 e. The van der Waals surface area contributed by atoms with Crippen molar-refractivity contribution in [1.29, 1.82) is 0 Å². The lowest BCUT2D eigenvalue weighted by atomic mass is 10.1. The molecule has 0 unspecified atom stereocenters. The predicted octanol–water partition coefficient (Wildman–Crippen LogP) is 2.46. The molecule has 0 radical (unpaired) electrons. The first-order chi connectivity index (χ1) is 8.47. The molecule has 4 heteroatoms. The van der Waals surface area contributed by atoms with Crippen LogP contribution in [0.3, 0.4) is 0 Å². The molecule has 0 aromatic carbocycles. The first-order valence-corrected chi connectivity index (χ1v) is 6.15. The van der Waals surface area contributed by atoms with Crippen LogP contribution in [-0.4, -0.2) is 20.1 Å². The smallest absolute Gasteiger partial charge is 0.110 e. The Morgan fingerprint density at radius 2 is 2.06 bits per heavy atom. The number of nitrogens with zero attached hydrogens (tertiary/aromatic N) is 3. The van der Waals surface area contributed by atoms with Crippen molar-refractivity contribution in [2.24, 2.45) is 0 Å². The van der Waals surface area contributed by atoms with E-state index in [1.54, 1.807) is 0 Å². The van der Waals surface area contributed by atoms with Crippen molar-refractivity contribution in [1.82, 2.24) is 19.9 Å². The summed E-state index contributed by atoms with van der Waals surface area (Å²) in [6, 6.07) is 2.05. The molecule has 0 fully saturated rings. The van der Waals surface area contributed by atoms with Gasteiger partial charge in [0, 0.05) is 30.7 Å². The van der Waals surface area contributed by atoms with Gasteiger partial charge in [-0.1, -0.05) is 0 Å². The van der Waals surface area contributed by atoms with Crippen molar-refractivity contribution >= 4 is 0 Å². The van der Waals surface area contributed by atoms with Gasteiger partial charge >= 0.3 is 0 Å². The summed E-state index contributed by atoms with van der Waals surface area (Å²) in [5.41, 5.74) is 2.41. The summed E-state index contributed by atoms with van der Waals surface area (Å²) in [5, 5.41) is 3.50. The van der Waals surface area contributed by atoms with Crippen molar-refractivity contribution in [3.63, 3.8) is 0 Å². The molecule has 96 valence electrons. The van der Waals surface area contributed by atoms with Gasteiger partial charge in [-0.2, -0.15) is 0 Å². The van der Waals surface area contributed by atoms with Gasteiger partial charge in [0.05, 0.1) is 11.9 Å². The molecule has 4 nitrogen and oxygen atoms in total. The van der Waals surface area contributed by atoms with Crippen LogP contribution in [-0.2, 0) is 6.54 Å². The Balaban J connectivity index is 2.29. The zero-order valence-corrected chi connectivity index (χ0v) is 11.4. The third kappa shape index (κ3) is 2.96. The first kappa shape index (κ1) is 12.8. The van der Waals surface area contributed by atoms with Gasteiger partial charge in [-0.05, 0) is 39.3 Å². The first-order valence-electron chi connectivity index (χ1n) is 6.15. The van der Waals surface area contributed by atoms with E-state index >= 15 is 0 Å². The lowest BCUT2D eigenvalue weighted by Gasteiger charge is -2.21. The molecule has 18 heavy (non-hydrogen) atoms. The van der Waals surface area contributed by atoms with E-state index in [0.29, 0.717) is 0 Å². The molecular formula is C14H20N4.